The molecule has 2 amide bonds. The number of fused-ring (bicyclic) bond motifs is 1. The molecule has 0 fully saturated rings. The van der Waals surface area contributed by atoms with Gasteiger partial charge >= 0.3 is 0 Å². The molecule has 3 rings (SSSR count). The molecule has 1 unspecified atom stereocenters. The smallest absolute Gasteiger partial charge is 0.262 e. The van der Waals surface area contributed by atoms with E-state index in [9.17, 15) is 19.5 Å². The van der Waals surface area contributed by atoms with Crippen molar-refractivity contribution in [1.82, 2.24) is 10.2 Å². The van der Waals surface area contributed by atoms with Gasteiger partial charge in [0.25, 0.3) is 11.8 Å². The van der Waals surface area contributed by atoms with Crippen molar-refractivity contribution in [2.24, 2.45) is 0 Å². The summed E-state index contributed by atoms with van der Waals surface area (Å²) in [5, 5.41) is 16.6. The number of carboxylic acid groups (broad SMARTS) is 1. The van der Waals surface area contributed by atoms with Crippen LogP contribution in [-0.2, 0) is 14.4 Å². The molecule has 1 aromatic rings. The van der Waals surface area contributed by atoms with Crippen LogP contribution in [0.3, 0.4) is 0 Å². The molecular formula is C17H16N3O4-. The second kappa shape index (κ2) is 6.19. The average molecular weight is 326 g/mol. The van der Waals surface area contributed by atoms with E-state index >= 15 is 0 Å². The molecule has 2 aliphatic heterocycles. The van der Waals surface area contributed by atoms with Crippen molar-refractivity contribution in [2.45, 2.75) is 25.8 Å². The molecule has 24 heavy (non-hydrogen) atoms. The third-order valence-corrected chi connectivity index (χ3v) is 4.11. The lowest BCUT2D eigenvalue weighted by molar-refractivity contribution is -0.299. The zero-order chi connectivity index (χ0) is 17.3. The first-order valence-electron chi connectivity index (χ1n) is 7.60. The van der Waals surface area contributed by atoms with Crippen molar-refractivity contribution in [1.29, 1.82) is 0 Å². The number of nitrogens with one attached hydrogen (secondary N) is 2. The van der Waals surface area contributed by atoms with Crippen molar-refractivity contribution in [3.05, 3.63) is 53.5 Å². The Morgan fingerprint density at radius 3 is 2.67 bits per heavy atom. The first-order chi connectivity index (χ1) is 11.5. The fourth-order valence-electron chi connectivity index (χ4n) is 2.85. The molecule has 0 aliphatic carbocycles. The number of hydrogen-bond donors (Lipinski definition) is 2. The molecule has 1 atom stereocenters. The molecule has 0 saturated carbocycles. The minimum absolute atomic E-state index is 0.212. The van der Waals surface area contributed by atoms with Crippen LogP contribution in [0.4, 0.5) is 5.69 Å². The van der Waals surface area contributed by atoms with Crippen molar-refractivity contribution in [2.75, 3.05) is 5.32 Å². The maximum Gasteiger partial charge on any atom is 0.262 e. The summed E-state index contributed by atoms with van der Waals surface area (Å²) in [5.41, 5.74) is 0.614. The Labute approximate surface area is 138 Å². The summed E-state index contributed by atoms with van der Waals surface area (Å²) >= 11 is 0. The van der Waals surface area contributed by atoms with Crippen molar-refractivity contribution < 1.29 is 19.5 Å². The monoisotopic (exact) mass is 326 g/mol. The largest absolute Gasteiger partial charge is 0.545 e. The van der Waals surface area contributed by atoms with Crippen molar-refractivity contribution >= 4 is 23.5 Å². The lowest BCUT2D eigenvalue weighted by atomic mass is 9.96. The second-order valence-corrected chi connectivity index (χ2v) is 5.70. The highest BCUT2D eigenvalue weighted by Gasteiger charge is 2.36. The molecule has 0 radical (unpaired) electrons. The topological polar surface area (TPSA) is 102 Å². The summed E-state index contributed by atoms with van der Waals surface area (Å²) in [4.78, 5) is 37.3. The quantitative estimate of drug-likeness (QED) is 0.766. The Hall–Kier alpha value is -3.09. The van der Waals surface area contributed by atoms with Crippen LogP contribution in [-0.4, -0.2) is 28.7 Å². The van der Waals surface area contributed by atoms with Crippen LogP contribution in [0.1, 0.15) is 19.8 Å². The maximum atomic E-state index is 12.6. The Balaban J connectivity index is 1.94. The highest BCUT2D eigenvalue weighted by Crippen LogP contribution is 2.30. The zero-order valence-electron chi connectivity index (χ0n) is 13.0. The summed E-state index contributed by atoms with van der Waals surface area (Å²) in [6.45, 7) is 1.81. The van der Waals surface area contributed by atoms with E-state index in [4.69, 9.17) is 0 Å². The number of nitrogens with zero attached hydrogens (tertiary/aromatic N) is 1. The molecule has 0 saturated heterocycles. The molecule has 1 aromatic carbocycles. The minimum atomic E-state index is -1.54. The van der Waals surface area contributed by atoms with Crippen LogP contribution in [0, 0.1) is 0 Å². The molecule has 0 spiro atoms. The van der Waals surface area contributed by atoms with E-state index < -0.39 is 17.4 Å². The highest BCUT2D eigenvalue weighted by molar-refractivity contribution is 6.16. The van der Waals surface area contributed by atoms with Crippen LogP contribution in [0.5, 0.6) is 0 Å². The van der Waals surface area contributed by atoms with Gasteiger partial charge in [-0.3, -0.25) is 14.5 Å². The number of aliphatic carboxylic acids is 1. The van der Waals surface area contributed by atoms with Gasteiger partial charge in [-0.2, -0.15) is 0 Å². The first-order valence-corrected chi connectivity index (χ1v) is 7.60. The molecule has 0 bridgehead atoms. The van der Waals surface area contributed by atoms with Crippen molar-refractivity contribution in [3.8, 4) is 0 Å². The Morgan fingerprint density at radius 2 is 2.00 bits per heavy atom. The number of rotatable bonds is 3. The number of carbonyl (C=O) groups is 3. The van der Waals surface area contributed by atoms with E-state index in [0.29, 0.717) is 29.9 Å². The fourth-order valence-corrected chi connectivity index (χ4v) is 2.85. The summed E-state index contributed by atoms with van der Waals surface area (Å²) < 4.78 is 0. The molecule has 2 N–H and O–H groups in total. The minimum Gasteiger partial charge on any atom is -0.545 e. The SMILES string of the molecule is CC1CCC(C(=O)Nc2ccccc2)=C2NC=C(C(=O)[O-])C(=O)N21. The van der Waals surface area contributed by atoms with Crippen LogP contribution >= 0.6 is 0 Å². The highest BCUT2D eigenvalue weighted by atomic mass is 16.4. The number of carboxylic acids is 1. The number of amides is 2. The normalized spacial score (nSPS) is 20.0. The number of anilines is 1. The van der Waals surface area contributed by atoms with Crippen LogP contribution in [0.15, 0.2) is 53.5 Å². The number of carbonyl (C=O) groups excluding carboxylic acids is 3. The van der Waals surface area contributed by atoms with E-state index in [-0.39, 0.29) is 11.9 Å². The van der Waals surface area contributed by atoms with E-state index in [1.165, 1.54) is 4.90 Å². The third kappa shape index (κ3) is 2.76. The average Bonchev–Trinajstić information content (AvgIpc) is 2.55. The number of hydrogen-bond acceptors (Lipinski definition) is 5. The van der Waals surface area contributed by atoms with Gasteiger partial charge < -0.3 is 20.5 Å². The summed E-state index contributed by atoms with van der Waals surface area (Å²) in [5.74, 6) is -2.20. The summed E-state index contributed by atoms with van der Waals surface area (Å²) in [6, 6.07) is 8.77. The van der Waals surface area contributed by atoms with Gasteiger partial charge in [0.1, 0.15) is 5.82 Å². The standard InChI is InChI=1S/C17H17N3O4/c1-10-7-8-12(15(21)19-11-5-3-2-4-6-11)14-18-9-13(17(23)24)16(22)20(10)14/h2-6,9-10,18H,7-8H2,1H3,(H,19,21)(H,23,24)/p-1. The number of para-hydroxylation sites is 1. The second-order valence-electron chi connectivity index (χ2n) is 5.70. The van der Waals surface area contributed by atoms with Gasteiger partial charge in [0.15, 0.2) is 0 Å². The molecule has 2 aliphatic rings. The van der Waals surface area contributed by atoms with Gasteiger partial charge in [0.05, 0.1) is 17.1 Å². The Morgan fingerprint density at radius 1 is 1.29 bits per heavy atom. The van der Waals surface area contributed by atoms with Crippen LogP contribution in [0.25, 0.3) is 0 Å². The maximum absolute atomic E-state index is 12.6. The van der Waals surface area contributed by atoms with Gasteiger partial charge in [-0.25, -0.2) is 0 Å². The third-order valence-electron chi connectivity index (χ3n) is 4.11. The molecule has 2 heterocycles. The fraction of sp³-hybridized carbons (Fsp3) is 0.235. The summed E-state index contributed by atoms with van der Waals surface area (Å²) in [6.07, 6.45) is 2.13. The van der Waals surface area contributed by atoms with Gasteiger partial charge in [-0.05, 0) is 31.9 Å². The number of benzene rings is 1. The Kier molecular flexibility index (Phi) is 4.07. The van der Waals surface area contributed by atoms with E-state index in [2.05, 4.69) is 10.6 Å². The Bertz CT molecular complexity index is 767. The lowest BCUT2D eigenvalue weighted by Crippen LogP contribution is -2.51. The zero-order valence-corrected chi connectivity index (χ0v) is 13.0. The van der Waals surface area contributed by atoms with E-state index in [1.54, 1.807) is 24.3 Å². The van der Waals surface area contributed by atoms with Crippen LogP contribution in [0.2, 0.25) is 0 Å². The van der Waals surface area contributed by atoms with Gasteiger partial charge in [-0.1, -0.05) is 18.2 Å². The van der Waals surface area contributed by atoms with Crippen LogP contribution < -0.4 is 15.7 Å². The molecule has 7 heteroatoms. The predicted octanol–water partition coefficient (Wildman–Crippen LogP) is 0.0846. The molecule has 124 valence electrons. The van der Waals surface area contributed by atoms with Gasteiger partial charge in [-0.15, -0.1) is 0 Å². The lowest BCUT2D eigenvalue weighted by Gasteiger charge is -2.39. The van der Waals surface area contributed by atoms with Crippen molar-refractivity contribution in [3.63, 3.8) is 0 Å². The van der Waals surface area contributed by atoms with Gasteiger partial charge in [0, 0.05) is 17.9 Å². The van der Waals surface area contributed by atoms with E-state index in [0.717, 1.165) is 6.20 Å². The molecule has 7 nitrogen and oxygen atoms in total. The summed E-state index contributed by atoms with van der Waals surface area (Å²) in [7, 11) is 0. The van der Waals surface area contributed by atoms with Gasteiger partial charge in [0.2, 0.25) is 0 Å². The predicted molar refractivity (Wildman–Crippen MR) is 83.9 cm³/mol. The van der Waals surface area contributed by atoms with E-state index in [1.807, 2.05) is 13.0 Å². The molecule has 0 aromatic heterocycles. The first kappa shape index (κ1) is 15.8. The molecular weight excluding hydrogens is 310 g/mol.